The standard InChI is InChI=1S/C20H17F3N2O2/c1-2-25(15-6-3-13(21)4-7-15)20(26)10-9-19-24-12-18(27-19)16-8-5-14(22)11-17(16)23/h3-8,11-12H,2,9-10H2,1H3. The number of halogens is 3. The van der Waals surface area contributed by atoms with Gasteiger partial charge in [0.05, 0.1) is 11.8 Å². The molecule has 1 heterocycles. The SMILES string of the molecule is CCN(C(=O)CCc1ncc(-c2ccc(F)cc2F)o1)c1ccc(F)cc1. The van der Waals surface area contributed by atoms with Gasteiger partial charge in [0.25, 0.3) is 0 Å². The van der Waals surface area contributed by atoms with E-state index in [1.165, 1.54) is 41.4 Å². The second kappa shape index (κ2) is 8.07. The minimum Gasteiger partial charge on any atom is -0.441 e. The molecule has 27 heavy (non-hydrogen) atoms. The van der Waals surface area contributed by atoms with Crippen LogP contribution in [0.2, 0.25) is 0 Å². The van der Waals surface area contributed by atoms with Crippen molar-refractivity contribution in [3.8, 4) is 11.3 Å². The first-order chi connectivity index (χ1) is 13.0. The zero-order valence-corrected chi connectivity index (χ0v) is 14.6. The smallest absolute Gasteiger partial charge is 0.227 e. The average Bonchev–Trinajstić information content (AvgIpc) is 3.11. The van der Waals surface area contributed by atoms with E-state index >= 15 is 0 Å². The van der Waals surface area contributed by atoms with E-state index in [2.05, 4.69) is 4.98 Å². The van der Waals surface area contributed by atoms with E-state index in [9.17, 15) is 18.0 Å². The summed E-state index contributed by atoms with van der Waals surface area (Å²) >= 11 is 0. The van der Waals surface area contributed by atoms with Crippen LogP contribution in [0.3, 0.4) is 0 Å². The zero-order valence-electron chi connectivity index (χ0n) is 14.6. The van der Waals surface area contributed by atoms with Crippen LogP contribution in [0.5, 0.6) is 0 Å². The second-order valence-corrected chi connectivity index (χ2v) is 5.86. The van der Waals surface area contributed by atoms with Gasteiger partial charge in [-0.1, -0.05) is 0 Å². The van der Waals surface area contributed by atoms with Crippen molar-refractivity contribution in [1.29, 1.82) is 0 Å². The number of anilines is 1. The van der Waals surface area contributed by atoms with Crippen LogP contribution < -0.4 is 4.90 Å². The summed E-state index contributed by atoms with van der Waals surface area (Å²) in [4.78, 5) is 18.0. The Morgan fingerprint density at radius 2 is 1.78 bits per heavy atom. The van der Waals surface area contributed by atoms with Crippen LogP contribution in [0.4, 0.5) is 18.9 Å². The Bertz CT molecular complexity index is 939. The lowest BCUT2D eigenvalue weighted by Crippen LogP contribution is -2.30. The molecule has 140 valence electrons. The molecule has 7 heteroatoms. The third kappa shape index (κ3) is 4.36. The topological polar surface area (TPSA) is 46.3 Å². The van der Waals surface area contributed by atoms with E-state index in [1.54, 1.807) is 0 Å². The zero-order chi connectivity index (χ0) is 19.4. The number of aryl methyl sites for hydroxylation is 1. The molecule has 0 fully saturated rings. The predicted molar refractivity (Wildman–Crippen MR) is 94.6 cm³/mol. The van der Waals surface area contributed by atoms with Crippen molar-refractivity contribution in [1.82, 2.24) is 4.98 Å². The molecule has 0 saturated carbocycles. The molecule has 3 aromatic rings. The maximum absolute atomic E-state index is 13.8. The minimum atomic E-state index is -0.748. The lowest BCUT2D eigenvalue weighted by molar-refractivity contribution is -0.118. The van der Waals surface area contributed by atoms with Crippen LogP contribution in [0.15, 0.2) is 53.1 Å². The number of amides is 1. The summed E-state index contributed by atoms with van der Waals surface area (Å²) in [6.45, 7) is 2.25. The van der Waals surface area contributed by atoms with E-state index in [0.29, 0.717) is 12.2 Å². The Kier molecular flexibility index (Phi) is 5.59. The normalized spacial score (nSPS) is 10.8. The summed E-state index contributed by atoms with van der Waals surface area (Å²) in [7, 11) is 0. The van der Waals surface area contributed by atoms with Crippen molar-refractivity contribution in [2.45, 2.75) is 19.8 Å². The number of carbonyl (C=O) groups is 1. The quantitative estimate of drug-likeness (QED) is 0.626. The number of rotatable bonds is 6. The third-order valence-corrected chi connectivity index (χ3v) is 4.06. The summed E-state index contributed by atoms with van der Waals surface area (Å²) in [6.07, 6.45) is 1.68. The highest BCUT2D eigenvalue weighted by Crippen LogP contribution is 2.25. The lowest BCUT2D eigenvalue weighted by Gasteiger charge is -2.20. The molecule has 0 saturated heterocycles. The Balaban J connectivity index is 1.67. The number of benzene rings is 2. The first-order valence-corrected chi connectivity index (χ1v) is 8.44. The molecule has 1 aromatic heterocycles. The molecule has 0 spiro atoms. The highest BCUT2D eigenvalue weighted by atomic mass is 19.1. The molecule has 3 rings (SSSR count). The first-order valence-electron chi connectivity index (χ1n) is 8.44. The fraction of sp³-hybridized carbons (Fsp3) is 0.200. The number of carbonyl (C=O) groups excluding carboxylic acids is 1. The number of nitrogens with zero attached hydrogens (tertiary/aromatic N) is 2. The van der Waals surface area contributed by atoms with Gasteiger partial charge in [-0.05, 0) is 43.3 Å². The molecule has 0 atom stereocenters. The Morgan fingerprint density at radius 1 is 1.07 bits per heavy atom. The highest BCUT2D eigenvalue weighted by molar-refractivity contribution is 5.93. The molecule has 0 N–H and O–H groups in total. The number of hydrogen-bond donors (Lipinski definition) is 0. The van der Waals surface area contributed by atoms with Gasteiger partial charge in [-0.15, -0.1) is 0 Å². The van der Waals surface area contributed by atoms with E-state index in [4.69, 9.17) is 4.42 Å². The van der Waals surface area contributed by atoms with E-state index in [0.717, 1.165) is 12.1 Å². The van der Waals surface area contributed by atoms with Crippen LogP contribution in [0, 0.1) is 17.5 Å². The monoisotopic (exact) mass is 374 g/mol. The Labute approximate surface area is 154 Å². The molecular formula is C20H17F3N2O2. The van der Waals surface area contributed by atoms with E-state index in [-0.39, 0.29) is 41.8 Å². The molecule has 4 nitrogen and oxygen atoms in total. The molecule has 0 aliphatic rings. The molecule has 2 aromatic carbocycles. The lowest BCUT2D eigenvalue weighted by atomic mass is 10.2. The van der Waals surface area contributed by atoms with Crippen LogP contribution in [0.1, 0.15) is 19.2 Å². The van der Waals surface area contributed by atoms with Crippen molar-refractivity contribution in [3.05, 3.63) is 72.0 Å². The fourth-order valence-corrected chi connectivity index (χ4v) is 2.71. The van der Waals surface area contributed by atoms with Crippen molar-refractivity contribution in [3.63, 3.8) is 0 Å². The van der Waals surface area contributed by atoms with Crippen molar-refractivity contribution in [2.24, 2.45) is 0 Å². The summed E-state index contributed by atoms with van der Waals surface area (Å²) in [6, 6.07) is 8.84. The summed E-state index contributed by atoms with van der Waals surface area (Å²) in [5.41, 5.74) is 0.702. The third-order valence-electron chi connectivity index (χ3n) is 4.06. The van der Waals surface area contributed by atoms with E-state index in [1.807, 2.05) is 6.92 Å². The number of hydrogen-bond acceptors (Lipinski definition) is 3. The summed E-state index contributed by atoms with van der Waals surface area (Å²) in [5.74, 6) is -1.53. The van der Waals surface area contributed by atoms with Crippen molar-refractivity contribution in [2.75, 3.05) is 11.4 Å². The number of aromatic nitrogens is 1. The van der Waals surface area contributed by atoms with Gasteiger partial charge in [-0.2, -0.15) is 0 Å². The van der Waals surface area contributed by atoms with Gasteiger partial charge < -0.3 is 9.32 Å². The molecule has 1 amide bonds. The van der Waals surface area contributed by atoms with Gasteiger partial charge in [0, 0.05) is 31.1 Å². The second-order valence-electron chi connectivity index (χ2n) is 5.86. The van der Waals surface area contributed by atoms with Gasteiger partial charge in [0.15, 0.2) is 11.7 Å². The number of oxazole rings is 1. The van der Waals surface area contributed by atoms with Gasteiger partial charge in [0.1, 0.15) is 17.5 Å². The van der Waals surface area contributed by atoms with Gasteiger partial charge in [0.2, 0.25) is 5.91 Å². The molecular weight excluding hydrogens is 357 g/mol. The maximum Gasteiger partial charge on any atom is 0.227 e. The molecule has 0 unspecified atom stereocenters. The van der Waals surface area contributed by atoms with Gasteiger partial charge in [-0.25, -0.2) is 18.2 Å². The molecule has 0 bridgehead atoms. The van der Waals surface area contributed by atoms with Crippen LogP contribution in [0.25, 0.3) is 11.3 Å². The van der Waals surface area contributed by atoms with Crippen molar-refractivity contribution >= 4 is 11.6 Å². The summed E-state index contributed by atoms with van der Waals surface area (Å²) < 4.78 is 45.3. The van der Waals surface area contributed by atoms with Crippen LogP contribution in [-0.2, 0) is 11.2 Å². The average molecular weight is 374 g/mol. The molecule has 0 aliphatic heterocycles. The van der Waals surface area contributed by atoms with Crippen LogP contribution >= 0.6 is 0 Å². The largest absolute Gasteiger partial charge is 0.441 e. The Morgan fingerprint density at radius 3 is 2.44 bits per heavy atom. The maximum atomic E-state index is 13.8. The Hall–Kier alpha value is -3.09. The fourth-order valence-electron chi connectivity index (χ4n) is 2.71. The first kappa shape index (κ1) is 18.7. The van der Waals surface area contributed by atoms with Crippen molar-refractivity contribution < 1.29 is 22.4 Å². The summed E-state index contributed by atoms with van der Waals surface area (Å²) in [5, 5.41) is 0. The van der Waals surface area contributed by atoms with Crippen LogP contribution in [-0.4, -0.2) is 17.4 Å². The highest BCUT2D eigenvalue weighted by Gasteiger charge is 2.16. The van der Waals surface area contributed by atoms with Gasteiger partial charge >= 0.3 is 0 Å². The van der Waals surface area contributed by atoms with Gasteiger partial charge in [-0.3, -0.25) is 4.79 Å². The minimum absolute atomic E-state index is 0.1000. The molecule has 0 radical (unpaired) electrons. The molecule has 0 aliphatic carbocycles. The van der Waals surface area contributed by atoms with E-state index < -0.39 is 11.6 Å². The predicted octanol–water partition coefficient (Wildman–Crippen LogP) is 4.74.